The van der Waals surface area contributed by atoms with Gasteiger partial charge in [-0.3, -0.25) is 4.79 Å². The smallest absolute Gasteiger partial charge is 0.343 e. The van der Waals surface area contributed by atoms with Crippen LogP contribution in [-0.2, 0) is 4.79 Å². The molecule has 166 valence electrons. The van der Waals surface area contributed by atoms with Crippen LogP contribution in [0.3, 0.4) is 0 Å². The summed E-state index contributed by atoms with van der Waals surface area (Å²) in [4.78, 5) is 24.2. The molecule has 1 N–H and O–H groups in total. The molecule has 2 aromatic carbocycles. The highest BCUT2D eigenvalue weighted by atomic mass is 16.5. The van der Waals surface area contributed by atoms with Crippen LogP contribution in [0.4, 0.5) is 0 Å². The van der Waals surface area contributed by atoms with Gasteiger partial charge in [0.05, 0.1) is 33.1 Å². The Morgan fingerprint density at radius 3 is 2.16 bits per heavy atom. The van der Waals surface area contributed by atoms with Crippen LogP contribution >= 0.6 is 0 Å². The molecule has 0 aliphatic rings. The van der Waals surface area contributed by atoms with Crippen LogP contribution in [0, 0.1) is 0 Å². The molecule has 8 nitrogen and oxygen atoms in total. The van der Waals surface area contributed by atoms with E-state index in [9.17, 15) is 9.59 Å². The molecule has 0 atom stereocenters. The minimum Gasteiger partial charge on any atom is -0.493 e. The summed E-state index contributed by atoms with van der Waals surface area (Å²) in [5.41, 5.74) is 3.51. The molecule has 0 fully saturated rings. The second-order valence-corrected chi connectivity index (χ2v) is 6.62. The Kier molecular flexibility index (Phi) is 9.35. The van der Waals surface area contributed by atoms with Gasteiger partial charge in [-0.1, -0.05) is 19.8 Å². The first kappa shape index (κ1) is 23.7. The fourth-order valence-electron chi connectivity index (χ4n) is 2.76. The van der Waals surface area contributed by atoms with Gasteiger partial charge < -0.3 is 18.9 Å². The zero-order valence-corrected chi connectivity index (χ0v) is 18.3. The molecule has 2 aromatic rings. The second kappa shape index (κ2) is 12.2. The summed E-state index contributed by atoms with van der Waals surface area (Å²) < 4.78 is 21.2. The Labute approximate surface area is 182 Å². The second-order valence-electron chi connectivity index (χ2n) is 6.62. The molecule has 0 spiro atoms. The van der Waals surface area contributed by atoms with Gasteiger partial charge in [0.2, 0.25) is 11.7 Å². The third-order valence-corrected chi connectivity index (χ3v) is 4.40. The number of rotatable bonds is 11. The van der Waals surface area contributed by atoms with Crippen molar-refractivity contribution < 1.29 is 28.5 Å². The molecule has 8 heteroatoms. The third kappa shape index (κ3) is 7.02. The van der Waals surface area contributed by atoms with Gasteiger partial charge >= 0.3 is 5.97 Å². The monoisotopic (exact) mass is 428 g/mol. The molecule has 0 saturated heterocycles. The minimum absolute atomic E-state index is 0.111. The van der Waals surface area contributed by atoms with E-state index in [0.29, 0.717) is 29.4 Å². The van der Waals surface area contributed by atoms with E-state index in [0.717, 1.165) is 24.8 Å². The number of hydrazone groups is 1. The Bertz CT molecular complexity index is 884. The van der Waals surface area contributed by atoms with Gasteiger partial charge in [-0.2, -0.15) is 5.10 Å². The summed E-state index contributed by atoms with van der Waals surface area (Å²) in [5.74, 6) is 0.789. The van der Waals surface area contributed by atoms with Crippen molar-refractivity contribution in [1.29, 1.82) is 0 Å². The number of carbonyl (C=O) groups is 2. The summed E-state index contributed by atoms with van der Waals surface area (Å²) in [7, 11) is 4.43. The number of esters is 1. The lowest BCUT2D eigenvalue weighted by molar-refractivity contribution is -0.121. The number of carbonyl (C=O) groups excluding carboxylic acids is 2. The van der Waals surface area contributed by atoms with E-state index < -0.39 is 5.97 Å². The van der Waals surface area contributed by atoms with Crippen molar-refractivity contribution in [3.63, 3.8) is 0 Å². The number of ether oxygens (including phenoxy) is 4. The van der Waals surface area contributed by atoms with E-state index in [-0.39, 0.29) is 11.5 Å². The first-order chi connectivity index (χ1) is 15.0. The number of hydrogen-bond donors (Lipinski definition) is 1. The first-order valence-electron chi connectivity index (χ1n) is 9.96. The van der Waals surface area contributed by atoms with Crippen molar-refractivity contribution in [3.8, 4) is 23.0 Å². The highest BCUT2D eigenvalue weighted by Crippen LogP contribution is 2.38. The topological polar surface area (TPSA) is 95.5 Å². The van der Waals surface area contributed by atoms with Crippen LogP contribution in [0.2, 0.25) is 0 Å². The van der Waals surface area contributed by atoms with Gasteiger partial charge in [0, 0.05) is 6.42 Å². The van der Waals surface area contributed by atoms with Gasteiger partial charge in [-0.25, -0.2) is 10.2 Å². The lowest BCUT2D eigenvalue weighted by atomic mass is 10.2. The van der Waals surface area contributed by atoms with Crippen LogP contribution in [0.1, 0.15) is 48.5 Å². The summed E-state index contributed by atoms with van der Waals surface area (Å²) in [6, 6.07) is 9.78. The van der Waals surface area contributed by atoms with Crippen molar-refractivity contribution in [2.24, 2.45) is 5.10 Å². The molecule has 0 aliphatic heterocycles. The lowest BCUT2D eigenvalue weighted by Gasteiger charge is -2.13. The molecule has 0 unspecified atom stereocenters. The average molecular weight is 428 g/mol. The minimum atomic E-state index is -0.569. The molecule has 0 heterocycles. The summed E-state index contributed by atoms with van der Waals surface area (Å²) in [6.45, 7) is 2.09. The van der Waals surface area contributed by atoms with Crippen LogP contribution in [-0.4, -0.2) is 39.4 Å². The van der Waals surface area contributed by atoms with Crippen LogP contribution < -0.4 is 24.4 Å². The Balaban J connectivity index is 1.99. The molecular formula is C23H28N2O6. The number of nitrogens with one attached hydrogen (secondary N) is 1. The number of hydrogen-bond acceptors (Lipinski definition) is 7. The molecule has 0 saturated carbocycles. The maximum atomic E-state index is 12.5. The zero-order valence-electron chi connectivity index (χ0n) is 18.3. The van der Waals surface area contributed by atoms with E-state index in [4.69, 9.17) is 18.9 Å². The maximum absolute atomic E-state index is 12.5. The van der Waals surface area contributed by atoms with Crippen LogP contribution in [0.5, 0.6) is 23.0 Å². The number of nitrogens with zero attached hydrogens (tertiary/aromatic N) is 1. The summed E-state index contributed by atoms with van der Waals surface area (Å²) >= 11 is 0. The average Bonchev–Trinajstić information content (AvgIpc) is 2.79. The van der Waals surface area contributed by atoms with E-state index in [1.165, 1.54) is 39.7 Å². The van der Waals surface area contributed by atoms with Crippen molar-refractivity contribution in [2.75, 3.05) is 21.3 Å². The molecular weight excluding hydrogens is 400 g/mol. The largest absolute Gasteiger partial charge is 0.493 e. The molecule has 31 heavy (non-hydrogen) atoms. The number of unbranched alkanes of at least 4 members (excludes halogenated alkanes) is 2. The summed E-state index contributed by atoms with van der Waals surface area (Å²) in [6.07, 6.45) is 4.92. The molecule has 2 rings (SSSR count). The molecule has 1 amide bonds. The maximum Gasteiger partial charge on any atom is 0.343 e. The van der Waals surface area contributed by atoms with E-state index in [1.807, 2.05) is 0 Å². The fraction of sp³-hybridized carbons (Fsp3) is 0.348. The Morgan fingerprint density at radius 2 is 1.61 bits per heavy atom. The van der Waals surface area contributed by atoms with Gasteiger partial charge in [0.25, 0.3) is 0 Å². The van der Waals surface area contributed by atoms with Crippen molar-refractivity contribution >= 4 is 18.1 Å². The Morgan fingerprint density at radius 1 is 0.968 bits per heavy atom. The lowest BCUT2D eigenvalue weighted by Crippen LogP contribution is -2.16. The predicted octanol–water partition coefficient (Wildman–Crippen LogP) is 3.96. The zero-order chi connectivity index (χ0) is 22.6. The van der Waals surface area contributed by atoms with Gasteiger partial charge in [0.1, 0.15) is 5.75 Å². The number of amides is 1. The predicted molar refractivity (Wildman–Crippen MR) is 117 cm³/mol. The number of methoxy groups -OCH3 is 3. The van der Waals surface area contributed by atoms with Gasteiger partial charge in [-0.05, 0) is 48.4 Å². The van der Waals surface area contributed by atoms with Crippen LogP contribution in [0.15, 0.2) is 41.5 Å². The molecule has 0 bridgehead atoms. The van der Waals surface area contributed by atoms with Crippen LogP contribution in [0.25, 0.3) is 0 Å². The Hall–Kier alpha value is -3.55. The fourth-order valence-corrected chi connectivity index (χ4v) is 2.76. The SMILES string of the molecule is CCCCCC(=O)N/N=C/c1ccc(OC(=O)c2cc(OC)c(OC)c(OC)c2)cc1. The molecule has 0 aromatic heterocycles. The summed E-state index contributed by atoms with van der Waals surface area (Å²) in [5, 5.41) is 3.94. The first-order valence-corrected chi connectivity index (χ1v) is 9.96. The third-order valence-electron chi connectivity index (χ3n) is 4.40. The highest BCUT2D eigenvalue weighted by molar-refractivity contribution is 5.93. The van der Waals surface area contributed by atoms with E-state index in [1.54, 1.807) is 24.3 Å². The normalized spacial score (nSPS) is 10.6. The van der Waals surface area contributed by atoms with E-state index in [2.05, 4.69) is 17.5 Å². The van der Waals surface area contributed by atoms with Gasteiger partial charge in [-0.15, -0.1) is 0 Å². The quantitative estimate of drug-likeness (QED) is 0.191. The molecule has 0 radical (unpaired) electrons. The highest BCUT2D eigenvalue weighted by Gasteiger charge is 2.18. The number of benzene rings is 2. The van der Waals surface area contributed by atoms with Crippen molar-refractivity contribution in [3.05, 3.63) is 47.5 Å². The van der Waals surface area contributed by atoms with E-state index >= 15 is 0 Å². The van der Waals surface area contributed by atoms with Crippen molar-refractivity contribution in [1.82, 2.24) is 5.43 Å². The standard InChI is InChI=1S/C23H28N2O6/c1-5-6-7-8-21(26)25-24-15-16-9-11-18(12-10-16)31-23(27)17-13-19(28-2)22(30-4)20(14-17)29-3/h9-15H,5-8H2,1-4H3,(H,25,26)/b24-15+. The molecule has 0 aliphatic carbocycles. The van der Waals surface area contributed by atoms with Gasteiger partial charge in [0.15, 0.2) is 11.5 Å². The van der Waals surface area contributed by atoms with Crippen molar-refractivity contribution in [2.45, 2.75) is 32.6 Å².